The van der Waals surface area contributed by atoms with Crippen molar-refractivity contribution in [1.29, 1.82) is 0 Å². The van der Waals surface area contributed by atoms with Gasteiger partial charge in [0.1, 0.15) is 18.1 Å². The Balaban J connectivity index is 2.42. The Hall–Kier alpha value is -3.58. The molecule has 36 heavy (non-hydrogen) atoms. The first-order chi connectivity index (χ1) is 17.3. The van der Waals surface area contributed by atoms with Crippen LogP contribution in [-0.2, 0) is 14.3 Å². The number of methoxy groups -OCH3 is 1. The maximum Gasteiger partial charge on any atom is 0.338 e. The van der Waals surface area contributed by atoms with Gasteiger partial charge < -0.3 is 23.7 Å². The monoisotopic (exact) mass is 496 g/mol. The van der Waals surface area contributed by atoms with Crippen LogP contribution in [-0.4, -0.2) is 38.9 Å². The van der Waals surface area contributed by atoms with E-state index in [4.69, 9.17) is 23.7 Å². The molecule has 7 heteroatoms. The van der Waals surface area contributed by atoms with Crippen molar-refractivity contribution in [3.05, 3.63) is 60.7 Å². The van der Waals surface area contributed by atoms with Crippen molar-refractivity contribution in [2.24, 2.45) is 0 Å². The Kier molecular flexibility index (Phi) is 11.7. The molecule has 2 aromatic rings. The molecule has 0 fully saturated rings. The first kappa shape index (κ1) is 28.7. The predicted octanol–water partition coefficient (Wildman–Crippen LogP) is 6.30. The number of unbranched alkanes of at least 4 members (excludes halogenated alkanes) is 3. The zero-order valence-corrected chi connectivity index (χ0v) is 21.7. The minimum Gasteiger partial charge on any atom is -0.493 e. The lowest BCUT2D eigenvalue weighted by Gasteiger charge is -2.16. The molecule has 0 saturated heterocycles. The molecule has 7 nitrogen and oxygen atoms in total. The molecule has 0 unspecified atom stereocenters. The summed E-state index contributed by atoms with van der Waals surface area (Å²) in [6, 6.07) is 10.4. The Labute approximate surface area is 213 Å². The molecule has 0 N–H and O–H groups in total. The standard InChI is InChI=1S/C29H36O7/c1-7-8-9-10-15-33-23-12-13-24(26(19-23)35-28(30)20(2)3)22-11-14-25(34-17-16-32-6)27(18-22)36-29(31)21(4)5/h11-14,18-19H,2,4,7-10,15-17H2,1,3,5-6H3. The summed E-state index contributed by atoms with van der Waals surface area (Å²) in [5.74, 6) is 0.352. The maximum atomic E-state index is 12.4. The zero-order chi connectivity index (χ0) is 26.5. The number of carbonyl (C=O) groups excluding carboxylic acids is 2. The quantitative estimate of drug-likeness (QED) is 0.124. The summed E-state index contributed by atoms with van der Waals surface area (Å²) in [5.41, 5.74) is 1.78. The van der Waals surface area contributed by atoms with Crippen molar-refractivity contribution >= 4 is 11.9 Å². The van der Waals surface area contributed by atoms with Crippen molar-refractivity contribution in [3.63, 3.8) is 0 Å². The first-order valence-electron chi connectivity index (χ1n) is 12.0. The van der Waals surface area contributed by atoms with Gasteiger partial charge in [-0.3, -0.25) is 0 Å². The fourth-order valence-electron chi connectivity index (χ4n) is 3.12. The third kappa shape index (κ3) is 8.89. The largest absolute Gasteiger partial charge is 0.493 e. The second-order valence-electron chi connectivity index (χ2n) is 8.41. The van der Waals surface area contributed by atoms with Crippen LogP contribution in [0.1, 0.15) is 46.5 Å². The third-order valence-electron chi connectivity index (χ3n) is 5.12. The van der Waals surface area contributed by atoms with Gasteiger partial charge in [0.2, 0.25) is 0 Å². The molecular weight excluding hydrogens is 460 g/mol. The average Bonchev–Trinajstić information content (AvgIpc) is 2.85. The van der Waals surface area contributed by atoms with Gasteiger partial charge in [0.15, 0.2) is 11.5 Å². The first-order valence-corrected chi connectivity index (χ1v) is 12.0. The van der Waals surface area contributed by atoms with Crippen LogP contribution in [0.2, 0.25) is 0 Å². The average molecular weight is 497 g/mol. The van der Waals surface area contributed by atoms with Gasteiger partial charge in [-0.1, -0.05) is 45.4 Å². The summed E-state index contributed by atoms with van der Waals surface area (Å²) in [7, 11) is 1.57. The van der Waals surface area contributed by atoms with E-state index in [0.717, 1.165) is 25.7 Å². The normalized spacial score (nSPS) is 10.4. The van der Waals surface area contributed by atoms with E-state index in [1.165, 1.54) is 0 Å². The lowest BCUT2D eigenvalue weighted by atomic mass is 10.0. The molecule has 2 rings (SSSR count). The van der Waals surface area contributed by atoms with Crippen LogP contribution in [0.3, 0.4) is 0 Å². The number of hydrogen-bond donors (Lipinski definition) is 0. The molecule has 0 aliphatic carbocycles. The minimum absolute atomic E-state index is 0.213. The predicted molar refractivity (Wildman–Crippen MR) is 140 cm³/mol. The zero-order valence-electron chi connectivity index (χ0n) is 21.7. The van der Waals surface area contributed by atoms with Crippen LogP contribution in [0.25, 0.3) is 11.1 Å². The summed E-state index contributed by atoms with van der Waals surface area (Å²) < 4.78 is 27.8. The Morgan fingerprint density at radius 1 is 0.750 bits per heavy atom. The van der Waals surface area contributed by atoms with E-state index >= 15 is 0 Å². The Morgan fingerprint density at radius 2 is 1.44 bits per heavy atom. The number of esters is 2. The van der Waals surface area contributed by atoms with Crippen LogP contribution in [0.4, 0.5) is 0 Å². The smallest absolute Gasteiger partial charge is 0.338 e. The van der Waals surface area contributed by atoms with Crippen molar-refractivity contribution < 1.29 is 33.3 Å². The molecule has 0 aliphatic rings. The van der Waals surface area contributed by atoms with Crippen LogP contribution in [0.5, 0.6) is 23.0 Å². The van der Waals surface area contributed by atoms with Gasteiger partial charge in [-0.15, -0.1) is 0 Å². The number of ether oxygens (including phenoxy) is 5. The topological polar surface area (TPSA) is 80.3 Å². The van der Waals surface area contributed by atoms with E-state index in [1.54, 1.807) is 51.3 Å². The highest BCUT2D eigenvalue weighted by Gasteiger charge is 2.17. The van der Waals surface area contributed by atoms with Crippen molar-refractivity contribution in [3.8, 4) is 34.1 Å². The Bertz CT molecular complexity index is 1070. The van der Waals surface area contributed by atoms with E-state index in [9.17, 15) is 9.59 Å². The molecule has 2 aromatic carbocycles. The lowest BCUT2D eigenvalue weighted by Crippen LogP contribution is -2.11. The molecule has 0 aromatic heterocycles. The fourth-order valence-corrected chi connectivity index (χ4v) is 3.12. The minimum atomic E-state index is -0.579. The molecule has 0 amide bonds. The summed E-state index contributed by atoms with van der Waals surface area (Å²) >= 11 is 0. The summed E-state index contributed by atoms with van der Waals surface area (Å²) in [5, 5.41) is 0. The van der Waals surface area contributed by atoms with Crippen LogP contribution in [0, 0.1) is 0 Å². The van der Waals surface area contributed by atoms with E-state index in [2.05, 4.69) is 20.1 Å². The molecule has 0 bridgehead atoms. The molecule has 0 heterocycles. The molecule has 194 valence electrons. The van der Waals surface area contributed by atoms with Crippen molar-refractivity contribution in [2.45, 2.75) is 46.5 Å². The van der Waals surface area contributed by atoms with Gasteiger partial charge in [0, 0.05) is 29.9 Å². The fraction of sp³-hybridized carbons (Fsp3) is 0.379. The van der Waals surface area contributed by atoms with Crippen molar-refractivity contribution in [1.82, 2.24) is 0 Å². The second-order valence-corrected chi connectivity index (χ2v) is 8.41. The number of hydrogen-bond acceptors (Lipinski definition) is 7. The lowest BCUT2D eigenvalue weighted by molar-refractivity contribution is -0.130. The van der Waals surface area contributed by atoms with Gasteiger partial charge in [-0.05, 0) is 50.1 Å². The van der Waals surface area contributed by atoms with Gasteiger partial charge in [-0.2, -0.15) is 0 Å². The molecule has 0 spiro atoms. The summed E-state index contributed by atoms with van der Waals surface area (Å²) in [6.45, 7) is 13.8. The molecular formula is C29H36O7. The number of rotatable bonds is 15. The molecule has 0 aliphatic heterocycles. The summed E-state index contributed by atoms with van der Waals surface area (Å²) in [4.78, 5) is 24.6. The number of benzene rings is 2. The van der Waals surface area contributed by atoms with Gasteiger partial charge in [0.25, 0.3) is 0 Å². The maximum absolute atomic E-state index is 12.4. The van der Waals surface area contributed by atoms with Crippen LogP contribution >= 0.6 is 0 Å². The molecule has 0 radical (unpaired) electrons. The highest BCUT2D eigenvalue weighted by atomic mass is 16.6. The van der Waals surface area contributed by atoms with E-state index < -0.39 is 11.9 Å². The highest BCUT2D eigenvalue weighted by Crippen LogP contribution is 2.39. The van der Waals surface area contributed by atoms with E-state index in [0.29, 0.717) is 41.6 Å². The number of carbonyl (C=O) groups is 2. The van der Waals surface area contributed by atoms with Crippen LogP contribution in [0.15, 0.2) is 60.7 Å². The van der Waals surface area contributed by atoms with Crippen molar-refractivity contribution in [2.75, 3.05) is 26.9 Å². The SMILES string of the molecule is C=C(C)C(=O)Oc1cc(-c2ccc(OCCCCCC)cc2OC(=O)C(=C)C)ccc1OCCOC. The molecule has 0 atom stereocenters. The van der Waals surface area contributed by atoms with Gasteiger partial charge in [-0.25, -0.2) is 9.59 Å². The molecule has 0 saturated carbocycles. The van der Waals surface area contributed by atoms with E-state index in [-0.39, 0.29) is 23.5 Å². The summed E-state index contributed by atoms with van der Waals surface area (Å²) in [6.07, 6.45) is 4.35. The Morgan fingerprint density at radius 3 is 2.08 bits per heavy atom. The second kappa shape index (κ2) is 14.7. The highest BCUT2D eigenvalue weighted by molar-refractivity contribution is 5.91. The third-order valence-corrected chi connectivity index (χ3v) is 5.12. The van der Waals surface area contributed by atoms with Gasteiger partial charge in [0.05, 0.1) is 13.2 Å². The van der Waals surface area contributed by atoms with E-state index in [1.807, 2.05) is 6.07 Å². The van der Waals surface area contributed by atoms with Crippen LogP contribution < -0.4 is 18.9 Å². The van der Waals surface area contributed by atoms with Gasteiger partial charge >= 0.3 is 11.9 Å².